The van der Waals surface area contributed by atoms with Gasteiger partial charge in [0, 0.05) is 23.3 Å². The number of nitrogens with zero attached hydrogens (tertiary/aromatic N) is 3. The summed E-state index contributed by atoms with van der Waals surface area (Å²) in [5, 5.41) is 2.17. The van der Waals surface area contributed by atoms with Gasteiger partial charge in [0.1, 0.15) is 0 Å². The lowest BCUT2D eigenvalue weighted by atomic mass is 10.4. The fraction of sp³-hybridized carbons (Fsp3) is 0.333. The minimum absolute atomic E-state index is 0.682. The molecule has 2 aromatic rings. The van der Waals surface area contributed by atoms with Crippen molar-refractivity contribution in [2.75, 3.05) is 0 Å². The SMILES string of the molecule is Cc1csc(=Nc2cccnc2)n1C1CC1. The van der Waals surface area contributed by atoms with Gasteiger partial charge in [-0.1, -0.05) is 0 Å². The third-order valence-electron chi connectivity index (χ3n) is 2.70. The van der Waals surface area contributed by atoms with Crippen molar-refractivity contribution >= 4 is 17.0 Å². The lowest BCUT2D eigenvalue weighted by Gasteiger charge is -2.01. The van der Waals surface area contributed by atoms with E-state index in [0.29, 0.717) is 6.04 Å². The first-order valence-corrected chi connectivity index (χ1v) is 6.34. The summed E-state index contributed by atoms with van der Waals surface area (Å²) in [5.41, 5.74) is 2.24. The maximum atomic E-state index is 4.64. The lowest BCUT2D eigenvalue weighted by Crippen LogP contribution is -2.14. The Balaban J connectivity index is 2.09. The highest BCUT2D eigenvalue weighted by Gasteiger charge is 2.25. The van der Waals surface area contributed by atoms with E-state index in [2.05, 4.69) is 26.8 Å². The molecule has 16 heavy (non-hydrogen) atoms. The molecule has 0 amide bonds. The van der Waals surface area contributed by atoms with Crippen molar-refractivity contribution in [3.63, 3.8) is 0 Å². The summed E-state index contributed by atoms with van der Waals surface area (Å²) in [4.78, 5) is 9.81. The van der Waals surface area contributed by atoms with Crippen molar-refractivity contribution in [3.8, 4) is 0 Å². The predicted molar refractivity (Wildman–Crippen MR) is 64.8 cm³/mol. The second kappa shape index (κ2) is 3.87. The highest BCUT2D eigenvalue weighted by atomic mass is 32.1. The molecule has 0 radical (unpaired) electrons. The van der Waals surface area contributed by atoms with Crippen LogP contribution in [0.4, 0.5) is 5.69 Å². The molecule has 3 rings (SSSR count). The summed E-state index contributed by atoms with van der Waals surface area (Å²) in [6.07, 6.45) is 6.15. The van der Waals surface area contributed by atoms with Gasteiger partial charge in [0.05, 0.1) is 11.9 Å². The molecule has 0 N–H and O–H groups in total. The molecule has 1 fully saturated rings. The zero-order valence-electron chi connectivity index (χ0n) is 9.13. The molecule has 1 aliphatic rings. The van der Waals surface area contributed by atoms with Crippen LogP contribution >= 0.6 is 11.3 Å². The smallest absolute Gasteiger partial charge is 0.190 e. The van der Waals surface area contributed by atoms with E-state index >= 15 is 0 Å². The number of aryl methyl sites for hydroxylation is 1. The van der Waals surface area contributed by atoms with E-state index in [0.717, 1.165) is 10.5 Å². The first-order chi connectivity index (χ1) is 7.84. The Labute approximate surface area is 98.1 Å². The van der Waals surface area contributed by atoms with E-state index in [9.17, 15) is 0 Å². The van der Waals surface area contributed by atoms with E-state index in [-0.39, 0.29) is 0 Å². The van der Waals surface area contributed by atoms with Gasteiger partial charge in [0.2, 0.25) is 0 Å². The summed E-state index contributed by atoms with van der Waals surface area (Å²) >= 11 is 1.71. The second-order valence-electron chi connectivity index (χ2n) is 4.08. The van der Waals surface area contributed by atoms with Gasteiger partial charge in [-0.2, -0.15) is 0 Å². The molecule has 3 nitrogen and oxygen atoms in total. The maximum Gasteiger partial charge on any atom is 0.190 e. The molecule has 82 valence electrons. The van der Waals surface area contributed by atoms with Gasteiger partial charge in [0.25, 0.3) is 0 Å². The molecule has 1 aliphatic carbocycles. The molecular formula is C12H13N3S. The third-order valence-corrected chi connectivity index (χ3v) is 3.66. The van der Waals surface area contributed by atoms with Crippen LogP contribution in [0.5, 0.6) is 0 Å². The van der Waals surface area contributed by atoms with Gasteiger partial charge >= 0.3 is 0 Å². The first kappa shape index (κ1) is 9.78. The van der Waals surface area contributed by atoms with Crippen LogP contribution in [0.3, 0.4) is 0 Å². The normalized spacial score (nSPS) is 16.7. The van der Waals surface area contributed by atoms with Crippen LogP contribution in [-0.2, 0) is 0 Å². The van der Waals surface area contributed by atoms with Gasteiger partial charge in [-0.05, 0) is 31.9 Å². The average molecular weight is 231 g/mol. The van der Waals surface area contributed by atoms with Crippen molar-refractivity contribution in [2.24, 2.45) is 4.99 Å². The number of aromatic nitrogens is 2. The largest absolute Gasteiger partial charge is 0.318 e. The Morgan fingerprint density at radius 1 is 1.50 bits per heavy atom. The van der Waals surface area contributed by atoms with Crippen LogP contribution in [0.1, 0.15) is 24.6 Å². The van der Waals surface area contributed by atoms with Gasteiger partial charge in [-0.3, -0.25) is 4.98 Å². The van der Waals surface area contributed by atoms with Crippen LogP contribution in [0.2, 0.25) is 0 Å². The molecular weight excluding hydrogens is 218 g/mol. The molecule has 0 spiro atoms. The van der Waals surface area contributed by atoms with Crippen molar-refractivity contribution in [3.05, 3.63) is 40.4 Å². The van der Waals surface area contributed by atoms with Crippen molar-refractivity contribution in [1.29, 1.82) is 0 Å². The molecule has 1 saturated carbocycles. The highest BCUT2D eigenvalue weighted by molar-refractivity contribution is 7.07. The monoisotopic (exact) mass is 231 g/mol. The molecule has 0 saturated heterocycles. The van der Waals surface area contributed by atoms with Crippen LogP contribution in [0, 0.1) is 6.92 Å². The van der Waals surface area contributed by atoms with Gasteiger partial charge in [-0.15, -0.1) is 11.3 Å². The molecule has 2 aromatic heterocycles. The number of pyridine rings is 1. The Bertz CT molecular complexity index is 549. The van der Waals surface area contributed by atoms with Gasteiger partial charge in [0.15, 0.2) is 4.80 Å². The first-order valence-electron chi connectivity index (χ1n) is 5.46. The summed E-state index contributed by atoms with van der Waals surface area (Å²) in [5.74, 6) is 0. The molecule has 0 aromatic carbocycles. The number of hydrogen-bond acceptors (Lipinski definition) is 3. The minimum Gasteiger partial charge on any atom is -0.318 e. The van der Waals surface area contributed by atoms with Crippen molar-refractivity contribution < 1.29 is 0 Å². The van der Waals surface area contributed by atoms with E-state index in [1.54, 1.807) is 23.7 Å². The summed E-state index contributed by atoms with van der Waals surface area (Å²) in [6.45, 7) is 2.15. The molecule has 2 heterocycles. The van der Waals surface area contributed by atoms with E-state index in [4.69, 9.17) is 0 Å². The quantitative estimate of drug-likeness (QED) is 0.781. The molecule has 0 atom stereocenters. The Kier molecular flexibility index (Phi) is 2.36. The van der Waals surface area contributed by atoms with Crippen LogP contribution in [0.15, 0.2) is 34.9 Å². The molecule has 0 unspecified atom stereocenters. The molecule has 4 heteroatoms. The summed E-state index contributed by atoms with van der Waals surface area (Å²) in [7, 11) is 0. The average Bonchev–Trinajstić information content (AvgIpc) is 3.07. The standard InChI is InChI=1S/C12H13N3S/c1-9-8-16-12(15(9)11-4-5-11)14-10-3-2-6-13-7-10/h2-3,6-8,11H,4-5H2,1H3. The minimum atomic E-state index is 0.682. The number of hydrogen-bond donors (Lipinski definition) is 0. The fourth-order valence-corrected chi connectivity index (χ4v) is 2.74. The van der Waals surface area contributed by atoms with Crippen molar-refractivity contribution in [2.45, 2.75) is 25.8 Å². The number of thiazole rings is 1. The van der Waals surface area contributed by atoms with Gasteiger partial charge in [-0.25, -0.2) is 4.99 Å². The van der Waals surface area contributed by atoms with Crippen molar-refractivity contribution in [1.82, 2.24) is 9.55 Å². The molecule has 0 bridgehead atoms. The topological polar surface area (TPSA) is 30.2 Å². The second-order valence-corrected chi connectivity index (χ2v) is 4.92. The van der Waals surface area contributed by atoms with E-state index in [1.807, 2.05) is 12.1 Å². The van der Waals surface area contributed by atoms with Crippen LogP contribution in [0.25, 0.3) is 0 Å². The summed E-state index contributed by atoms with van der Waals surface area (Å²) in [6, 6.07) is 4.58. The van der Waals surface area contributed by atoms with Gasteiger partial charge < -0.3 is 4.57 Å². The van der Waals surface area contributed by atoms with E-state index < -0.39 is 0 Å². The Morgan fingerprint density at radius 2 is 2.38 bits per heavy atom. The maximum absolute atomic E-state index is 4.64. The zero-order chi connectivity index (χ0) is 11.0. The predicted octanol–water partition coefficient (Wildman–Crippen LogP) is 2.82. The number of rotatable bonds is 2. The highest BCUT2D eigenvalue weighted by Crippen LogP contribution is 2.35. The Morgan fingerprint density at radius 3 is 3.06 bits per heavy atom. The fourth-order valence-electron chi connectivity index (χ4n) is 1.79. The van der Waals surface area contributed by atoms with Crippen LogP contribution < -0.4 is 4.80 Å². The zero-order valence-corrected chi connectivity index (χ0v) is 9.94. The summed E-state index contributed by atoms with van der Waals surface area (Å²) < 4.78 is 2.34. The Hall–Kier alpha value is -1.42. The third kappa shape index (κ3) is 1.80. The molecule has 0 aliphatic heterocycles. The van der Waals surface area contributed by atoms with Crippen LogP contribution in [-0.4, -0.2) is 9.55 Å². The van der Waals surface area contributed by atoms with E-state index in [1.165, 1.54) is 18.5 Å². The lowest BCUT2D eigenvalue weighted by molar-refractivity contribution is 0.693.